The maximum absolute atomic E-state index is 12.7. The number of amides is 1. The van der Waals surface area contributed by atoms with Crippen LogP contribution in [0.5, 0.6) is 5.88 Å². The van der Waals surface area contributed by atoms with Crippen molar-refractivity contribution >= 4 is 17.2 Å². The van der Waals surface area contributed by atoms with Crippen molar-refractivity contribution in [3.8, 4) is 5.88 Å². The summed E-state index contributed by atoms with van der Waals surface area (Å²) in [5, 5.41) is 1.91. The van der Waals surface area contributed by atoms with E-state index in [-0.39, 0.29) is 17.9 Å². The number of ether oxygens (including phenoxy) is 1. The smallest absolute Gasteiger partial charge is 0.416 e. The maximum Gasteiger partial charge on any atom is 0.416 e. The van der Waals surface area contributed by atoms with E-state index in [1.165, 1.54) is 11.3 Å². The fourth-order valence-corrected chi connectivity index (χ4v) is 3.24. The summed E-state index contributed by atoms with van der Waals surface area (Å²) in [6.45, 7) is 0.899. The van der Waals surface area contributed by atoms with Gasteiger partial charge in [0, 0.05) is 30.1 Å². The molecule has 0 aliphatic carbocycles. The van der Waals surface area contributed by atoms with Gasteiger partial charge in [0.15, 0.2) is 0 Å². The Hall–Kier alpha value is -2.09. The van der Waals surface area contributed by atoms with Crippen molar-refractivity contribution in [2.24, 2.45) is 0 Å². The van der Waals surface area contributed by atoms with E-state index in [9.17, 15) is 18.0 Å². The molecule has 1 unspecified atom stereocenters. The van der Waals surface area contributed by atoms with E-state index >= 15 is 0 Å². The van der Waals surface area contributed by atoms with Crippen molar-refractivity contribution in [3.05, 3.63) is 46.3 Å². The molecule has 1 aliphatic heterocycles. The van der Waals surface area contributed by atoms with Gasteiger partial charge in [-0.05, 0) is 17.5 Å². The zero-order valence-electron chi connectivity index (χ0n) is 12.6. The first-order chi connectivity index (χ1) is 11.4. The number of likely N-dealkylation sites (tertiary alicyclic amines) is 1. The number of aromatic nitrogens is 1. The lowest BCUT2D eigenvalue weighted by atomic mass is 10.2. The molecule has 0 spiro atoms. The van der Waals surface area contributed by atoms with Crippen LogP contribution in [0.1, 0.15) is 16.9 Å². The minimum Gasteiger partial charge on any atom is -0.472 e. The molecule has 0 bridgehead atoms. The van der Waals surface area contributed by atoms with Crippen molar-refractivity contribution in [2.45, 2.75) is 25.1 Å². The third-order valence-electron chi connectivity index (χ3n) is 3.75. The van der Waals surface area contributed by atoms with Crippen molar-refractivity contribution < 1.29 is 22.7 Å². The van der Waals surface area contributed by atoms with Crippen LogP contribution in [0, 0.1) is 0 Å². The monoisotopic (exact) mass is 356 g/mol. The van der Waals surface area contributed by atoms with Crippen LogP contribution in [0.4, 0.5) is 13.2 Å². The molecule has 3 heterocycles. The summed E-state index contributed by atoms with van der Waals surface area (Å²) in [4.78, 5) is 18.7. The van der Waals surface area contributed by atoms with Crippen LogP contribution in [-0.4, -0.2) is 35.0 Å². The first-order valence-corrected chi connectivity index (χ1v) is 8.30. The lowest BCUT2D eigenvalue weighted by Gasteiger charge is -2.17. The van der Waals surface area contributed by atoms with E-state index in [4.69, 9.17) is 4.74 Å². The van der Waals surface area contributed by atoms with Crippen LogP contribution in [0.3, 0.4) is 0 Å². The SMILES string of the molecule is O=C(Cc1cccs1)N1CCC(Oc2cc(C(F)(F)F)ccn2)C1. The highest BCUT2D eigenvalue weighted by atomic mass is 32.1. The van der Waals surface area contributed by atoms with E-state index in [2.05, 4.69) is 4.98 Å². The first kappa shape index (κ1) is 16.8. The molecule has 0 saturated carbocycles. The fraction of sp³-hybridized carbons (Fsp3) is 0.375. The van der Waals surface area contributed by atoms with Gasteiger partial charge in [-0.2, -0.15) is 13.2 Å². The molecule has 24 heavy (non-hydrogen) atoms. The number of alkyl halides is 3. The van der Waals surface area contributed by atoms with Crippen LogP contribution in [-0.2, 0) is 17.4 Å². The highest BCUT2D eigenvalue weighted by molar-refractivity contribution is 7.10. The maximum atomic E-state index is 12.7. The molecule has 4 nitrogen and oxygen atoms in total. The molecule has 8 heteroatoms. The Kier molecular flexibility index (Phi) is 4.75. The topological polar surface area (TPSA) is 42.4 Å². The predicted octanol–water partition coefficient (Wildman–Crippen LogP) is 3.38. The minimum absolute atomic E-state index is 0.000511. The predicted molar refractivity (Wildman–Crippen MR) is 82.9 cm³/mol. The molecule has 1 saturated heterocycles. The molecular formula is C16H15F3N2O2S. The van der Waals surface area contributed by atoms with Crippen LogP contribution in [0.15, 0.2) is 35.8 Å². The molecule has 2 aromatic rings. The van der Waals surface area contributed by atoms with Crippen molar-refractivity contribution in [3.63, 3.8) is 0 Å². The highest BCUT2D eigenvalue weighted by Crippen LogP contribution is 2.31. The largest absolute Gasteiger partial charge is 0.472 e. The molecule has 1 aliphatic rings. The summed E-state index contributed by atoms with van der Waals surface area (Å²) >= 11 is 1.52. The van der Waals surface area contributed by atoms with Gasteiger partial charge in [-0.3, -0.25) is 4.79 Å². The number of carbonyl (C=O) groups is 1. The Bertz CT molecular complexity index is 704. The van der Waals surface area contributed by atoms with Crippen molar-refractivity contribution in [1.82, 2.24) is 9.88 Å². The van der Waals surface area contributed by atoms with Crippen molar-refractivity contribution in [1.29, 1.82) is 0 Å². The van der Waals surface area contributed by atoms with Gasteiger partial charge in [0.2, 0.25) is 11.8 Å². The quantitative estimate of drug-likeness (QED) is 0.843. The number of hydrogen-bond acceptors (Lipinski definition) is 4. The molecule has 0 aromatic carbocycles. The van der Waals surface area contributed by atoms with Crippen molar-refractivity contribution in [2.75, 3.05) is 13.1 Å². The molecule has 2 aromatic heterocycles. The Balaban J connectivity index is 1.57. The second kappa shape index (κ2) is 6.80. The van der Waals surface area contributed by atoms with E-state index in [0.717, 1.165) is 23.2 Å². The second-order valence-corrected chi connectivity index (χ2v) is 6.54. The molecule has 1 atom stereocenters. The first-order valence-electron chi connectivity index (χ1n) is 7.42. The number of thiophene rings is 1. The molecule has 0 radical (unpaired) electrons. The van der Waals surface area contributed by atoms with E-state index in [1.54, 1.807) is 4.90 Å². The van der Waals surface area contributed by atoms with E-state index in [1.807, 2.05) is 17.5 Å². The summed E-state index contributed by atoms with van der Waals surface area (Å²) in [5.74, 6) is -0.0667. The zero-order valence-corrected chi connectivity index (χ0v) is 13.4. The average molecular weight is 356 g/mol. The van der Waals surface area contributed by atoms with E-state index in [0.29, 0.717) is 25.9 Å². The number of carbonyl (C=O) groups excluding carboxylic acids is 1. The van der Waals surface area contributed by atoms with Gasteiger partial charge >= 0.3 is 6.18 Å². The van der Waals surface area contributed by atoms with Gasteiger partial charge in [-0.25, -0.2) is 4.98 Å². The van der Waals surface area contributed by atoms with Gasteiger partial charge in [-0.1, -0.05) is 6.07 Å². The standard InChI is InChI=1S/C16H15F3N2O2S/c17-16(18,19)11-3-5-20-14(8-11)23-12-4-6-21(10-12)15(22)9-13-2-1-7-24-13/h1-3,5,7-8,12H,4,6,9-10H2. The third-order valence-corrected chi connectivity index (χ3v) is 4.63. The Labute approximate surface area is 140 Å². The summed E-state index contributed by atoms with van der Waals surface area (Å²) < 4.78 is 43.6. The van der Waals surface area contributed by atoms with Crippen LogP contribution in [0.2, 0.25) is 0 Å². The van der Waals surface area contributed by atoms with Gasteiger partial charge in [0.1, 0.15) is 6.10 Å². The number of halogens is 3. The number of hydrogen-bond donors (Lipinski definition) is 0. The minimum atomic E-state index is -4.43. The zero-order chi connectivity index (χ0) is 17.2. The van der Waals surface area contributed by atoms with Gasteiger partial charge in [0.25, 0.3) is 0 Å². The Morgan fingerprint density at radius 1 is 1.42 bits per heavy atom. The van der Waals surface area contributed by atoms with Gasteiger partial charge in [0.05, 0.1) is 18.5 Å². The fourth-order valence-electron chi connectivity index (χ4n) is 2.55. The highest BCUT2D eigenvalue weighted by Gasteiger charge is 2.32. The molecule has 0 N–H and O–H groups in total. The van der Waals surface area contributed by atoms with Crippen LogP contribution < -0.4 is 4.74 Å². The summed E-state index contributed by atoms with van der Waals surface area (Å²) in [6, 6.07) is 5.58. The van der Waals surface area contributed by atoms with Gasteiger partial charge in [-0.15, -0.1) is 11.3 Å². The lowest BCUT2D eigenvalue weighted by Crippen LogP contribution is -2.32. The normalized spacial score (nSPS) is 18.0. The summed E-state index contributed by atoms with van der Waals surface area (Å²) in [6.07, 6.45) is -2.78. The Morgan fingerprint density at radius 3 is 2.96 bits per heavy atom. The van der Waals surface area contributed by atoms with Crippen LogP contribution in [0.25, 0.3) is 0 Å². The molecule has 1 fully saturated rings. The lowest BCUT2D eigenvalue weighted by molar-refractivity contribution is -0.137. The second-order valence-electron chi connectivity index (χ2n) is 5.50. The number of rotatable bonds is 4. The number of pyridine rings is 1. The number of nitrogens with zero attached hydrogens (tertiary/aromatic N) is 2. The molecule has 1 amide bonds. The van der Waals surface area contributed by atoms with Crippen LogP contribution >= 0.6 is 11.3 Å². The third kappa shape index (κ3) is 4.05. The van der Waals surface area contributed by atoms with E-state index < -0.39 is 11.7 Å². The molecule has 128 valence electrons. The van der Waals surface area contributed by atoms with Gasteiger partial charge < -0.3 is 9.64 Å². The Morgan fingerprint density at radius 2 is 2.25 bits per heavy atom. The molecular weight excluding hydrogens is 341 g/mol. The average Bonchev–Trinajstić information content (AvgIpc) is 3.18. The molecule has 3 rings (SSSR count). The summed E-state index contributed by atoms with van der Waals surface area (Å²) in [5.41, 5.74) is -0.795. The summed E-state index contributed by atoms with van der Waals surface area (Å²) in [7, 11) is 0.